The van der Waals surface area contributed by atoms with Gasteiger partial charge in [0.05, 0.1) is 20.0 Å². The largest absolute Gasteiger partial charge is 0.497 e. The zero-order chi connectivity index (χ0) is 16.9. The number of rotatable bonds is 3. The quantitative estimate of drug-likeness (QED) is 0.795. The second-order valence-corrected chi connectivity index (χ2v) is 6.77. The van der Waals surface area contributed by atoms with Gasteiger partial charge < -0.3 is 18.9 Å². The van der Waals surface area contributed by atoms with Gasteiger partial charge in [0.15, 0.2) is 5.79 Å². The van der Waals surface area contributed by atoms with E-state index in [0.717, 1.165) is 11.4 Å². The van der Waals surface area contributed by atoms with E-state index in [1.54, 1.807) is 18.3 Å². The van der Waals surface area contributed by atoms with Crippen LogP contribution < -0.4 is 9.64 Å². The minimum Gasteiger partial charge on any atom is -0.497 e. The van der Waals surface area contributed by atoms with Crippen LogP contribution in [0, 0.1) is 0 Å². The van der Waals surface area contributed by atoms with Crippen molar-refractivity contribution < 1.29 is 23.7 Å². The molecule has 1 amide bonds. The Balaban J connectivity index is 1.66. The number of anilines is 1. The highest BCUT2D eigenvalue weighted by molar-refractivity contribution is 6.09. The molecule has 0 bridgehead atoms. The van der Waals surface area contributed by atoms with Crippen LogP contribution in [-0.4, -0.2) is 43.2 Å². The maximum absolute atomic E-state index is 12.9. The third kappa shape index (κ3) is 2.13. The monoisotopic (exact) mass is 331 g/mol. The first-order valence-corrected chi connectivity index (χ1v) is 8.09. The summed E-state index contributed by atoms with van der Waals surface area (Å²) in [5.41, 5.74) is -0.0609. The number of benzene rings is 1. The number of carbonyl (C=O) groups excluding carboxylic acids is 1. The summed E-state index contributed by atoms with van der Waals surface area (Å²) < 4.78 is 22.7. The molecule has 4 rings (SSSR count). The van der Waals surface area contributed by atoms with Crippen LogP contribution in [-0.2, 0) is 19.0 Å². The van der Waals surface area contributed by atoms with Crippen LogP contribution in [0.5, 0.6) is 5.75 Å². The summed E-state index contributed by atoms with van der Waals surface area (Å²) in [5, 5.41) is 0. The van der Waals surface area contributed by atoms with Gasteiger partial charge in [-0.15, -0.1) is 0 Å². The summed E-state index contributed by atoms with van der Waals surface area (Å²) >= 11 is 0. The number of β-lactam (4-membered cyclic amide) rings is 1. The van der Waals surface area contributed by atoms with Crippen molar-refractivity contribution in [2.45, 2.75) is 43.8 Å². The first-order chi connectivity index (χ1) is 11.5. The molecule has 2 fully saturated rings. The van der Waals surface area contributed by atoms with Gasteiger partial charge in [-0.3, -0.25) is 9.69 Å². The molecule has 1 aromatic rings. The number of methoxy groups -OCH3 is 1. The number of amides is 1. The van der Waals surface area contributed by atoms with Gasteiger partial charge in [-0.2, -0.15) is 0 Å². The summed E-state index contributed by atoms with van der Waals surface area (Å²) in [6, 6.07) is 7.21. The summed E-state index contributed by atoms with van der Waals surface area (Å²) in [7, 11) is 1.62. The second-order valence-electron chi connectivity index (χ2n) is 6.77. The van der Waals surface area contributed by atoms with Gasteiger partial charge in [0.2, 0.25) is 5.60 Å². The van der Waals surface area contributed by atoms with Gasteiger partial charge in [-0.25, -0.2) is 0 Å². The normalized spacial score (nSPS) is 33.6. The first kappa shape index (κ1) is 15.5. The minimum absolute atomic E-state index is 0.0454. The van der Waals surface area contributed by atoms with E-state index in [-0.39, 0.29) is 18.1 Å². The lowest BCUT2D eigenvalue weighted by Gasteiger charge is -2.54. The van der Waals surface area contributed by atoms with Crippen molar-refractivity contribution in [2.24, 2.45) is 0 Å². The SMILES string of the molecule is COc1ccc(N2C(=O)[C@@]3(CC=CO3)[C@@H]2[C@H]2COC(C)(C)O2)cc1. The average Bonchev–Trinajstić information content (AvgIpc) is 3.20. The topological polar surface area (TPSA) is 57.2 Å². The van der Waals surface area contributed by atoms with E-state index in [1.807, 2.05) is 44.2 Å². The fourth-order valence-corrected chi connectivity index (χ4v) is 3.73. The van der Waals surface area contributed by atoms with E-state index in [2.05, 4.69) is 0 Å². The van der Waals surface area contributed by atoms with E-state index < -0.39 is 11.4 Å². The van der Waals surface area contributed by atoms with Gasteiger partial charge in [0, 0.05) is 12.1 Å². The molecule has 3 atom stereocenters. The highest BCUT2D eigenvalue weighted by Gasteiger charge is 2.67. The molecule has 3 aliphatic heterocycles. The number of carbonyl (C=O) groups is 1. The number of hydrogen-bond acceptors (Lipinski definition) is 5. The van der Waals surface area contributed by atoms with E-state index in [9.17, 15) is 4.79 Å². The lowest BCUT2D eigenvalue weighted by atomic mass is 9.76. The predicted molar refractivity (Wildman–Crippen MR) is 86.7 cm³/mol. The summed E-state index contributed by atoms with van der Waals surface area (Å²) in [4.78, 5) is 14.7. The zero-order valence-corrected chi connectivity index (χ0v) is 14.0. The Morgan fingerprint density at radius 2 is 2.00 bits per heavy atom. The standard InChI is InChI=1S/C18H21NO5/c1-17(2)23-11-14(24-17)15-18(9-4-10-22-18)16(20)19(15)12-5-7-13(21-3)8-6-12/h4-8,10,14-15H,9,11H2,1-3H3/t14-,15+,18-/m1/s1. The fraction of sp³-hybridized carbons (Fsp3) is 0.500. The van der Waals surface area contributed by atoms with E-state index in [4.69, 9.17) is 18.9 Å². The van der Waals surface area contributed by atoms with Crippen LogP contribution in [0.25, 0.3) is 0 Å². The average molecular weight is 331 g/mol. The third-order valence-corrected chi connectivity index (χ3v) is 4.87. The third-order valence-electron chi connectivity index (χ3n) is 4.87. The molecule has 0 aliphatic carbocycles. The smallest absolute Gasteiger partial charge is 0.274 e. The van der Waals surface area contributed by atoms with E-state index >= 15 is 0 Å². The molecule has 0 radical (unpaired) electrons. The molecule has 0 N–H and O–H groups in total. The van der Waals surface area contributed by atoms with Crippen LogP contribution >= 0.6 is 0 Å². The van der Waals surface area contributed by atoms with Crippen molar-refractivity contribution in [3.8, 4) is 5.75 Å². The molecule has 2 saturated heterocycles. The van der Waals surface area contributed by atoms with E-state index in [0.29, 0.717) is 13.0 Å². The maximum Gasteiger partial charge on any atom is 0.274 e. The Bertz CT molecular complexity index is 673. The Hall–Kier alpha value is -2.05. The lowest BCUT2D eigenvalue weighted by Crippen LogP contribution is -2.78. The first-order valence-electron chi connectivity index (χ1n) is 8.09. The number of nitrogens with zero attached hydrogens (tertiary/aromatic N) is 1. The molecular formula is C18H21NO5. The van der Waals surface area contributed by atoms with Crippen molar-refractivity contribution in [3.63, 3.8) is 0 Å². The molecule has 0 saturated carbocycles. The van der Waals surface area contributed by atoms with Crippen LogP contribution in [0.4, 0.5) is 5.69 Å². The van der Waals surface area contributed by atoms with Crippen LogP contribution in [0.2, 0.25) is 0 Å². The number of hydrogen-bond donors (Lipinski definition) is 0. The van der Waals surface area contributed by atoms with E-state index in [1.165, 1.54) is 0 Å². The van der Waals surface area contributed by atoms with Crippen molar-refractivity contribution in [3.05, 3.63) is 36.6 Å². The molecule has 0 aromatic heterocycles. The Morgan fingerprint density at radius 1 is 1.25 bits per heavy atom. The molecule has 1 spiro atoms. The van der Waals surface area contributed by atoms with Gasteiger partial charge in [0.25, 0.3) is 5.91 Å². The van der Waals surface area contributed by atoms with Crippen molar-refractivity contribution in [1.82, 2.24) is 0 Å². The molecule has 3 aliphatic rings. The fourth-order valence-electron chi connectivity index (χ4n) is 3.73. The molecular weight excluding hydrogens is 310 g/mol. The van der Waals surface area contributed by atoms with Crippen molar-refractivity contribution in [1.29, 1.82) is 0 Å². The minimum atomic E-state index is -0.867. The molecule has 1 aromatic carbocycles. The second kappa shape index (κ2) is 5.22. The van der Waals surface area contributed by atoms with Crippen LogP contribution in [0.3, 0.4) is 0 Å². The van der Waals surface area contributed by atoms with Gasteiger partial charge in [-0.1, -0.05) is 0 Å². The Kier molecular flexibility index (Phi) is 3.37. The van der Waals surface area contributed by atoms with Gasteiger partial charge >= 0.3 is 0 Å². The molecule has 6 nitrogen and oxygen atoms in total. The van der Waals surface area contributed by atoms with Crippen molar-refractivity contribution >= 4 is 11.6 Å². The predicted octanol–water partition coefficient (Wildman–Crippen LogP) is 2.23. The highest BCUT2D eigenvalue weighted by atomic mass is 16.7. The maximum atomic E-state index is 12.9. The zero-order valence-electron chi connectivity index (χ0n) is 14.0. The van der Waals surface area contributed by atoms with Crippen LogP contribution in [0.1, 0.15) is 20.3 Å². The molecule has 24 heavy (non-hydrogen) atoms. The number of ether oxygens (including phenoxy) is 4. The summed E-state index contributed by atoms with van der Waals surface area (Å²) in [6.45, 7) is 4.19. The highest BCUT2D eigenvalue weighted by Crippen LogP contribution is 2.47. The molecule has 3 heterocycles. The Labute approximate surface area is 140 Å². The molecule has 6 heteroatoms. The van der Waals surface area contributed by atoms with Gasteiger partial charge in [0.1, 0.15) is 17.9 Å². The molecule has 0 unspecified atom stereocenters. The summed E-state index contributed by atoms with van der Waals surface area (Å²) in [6.07, 6.45) is 3.82. The van der Waals surface area contributed by atoms with Gasteiger partial charge in [-0.05, 0) is 44.2 Å². The summed E-state index contributed by atoms with van der Waals surface area (Å²) in [5.74, 6) is 0.0524. The lowest BCUT2D eigenvalue weighted by molar-refractivity contribution is -0.172. The molecule has 128 valence electrons. The Morgan fingerprint density at radius 3 is 2.54 bits per heavy atom. The van der Waals surface area contributed by atoms with Crippen LogP contribution in [0.15, 0.2) is 36.6 Å². The van der Waals surface area contributed by atoms with Crippen molar-refractivity contribution in [2.75, 3.05) is 18.6 Å².